The number of rotatable bonds is 5. The summed E-state index contributed by atoms with van der Waals surface area (Å²) in [5, 5.41) is 16.4. The maximum Gasteiger partial charge on any atom is 0.142 e. The minimum absolute atomic E-state index is 0.00589. The Balaban J connectivity index is 1.81. The predicted octanol–water partition coefficient (Wildman–Crippen LogP) is 1.62. The first-order chi connectivity index (χ1) is 9.44. The van der Waals surface area contributed by atoms with Crippen LogP contribution in [-0.2, 0) is 0 Å². The van der Waals surface area contributed by atoms with E-state index in [1.165, 1.54) is 0 Å². The van der Waals surface area contributed by atoms with E-state index >= 15 is 0 Å². The van der Waals surface area contributed by atoms with Crippen LogP contribution in [0.4, 0.5) is 5.69 Å². The van der Waals surface area contributed by atoms with E-state index in [-0.39, 0.29) is 12.1 Å². The van der Waals surface area contributed by atoms with Gasteiger partial charge in [0.1, 0.15) is 30.8 Å². The van der Waals surface area contributed by atoms with Crippen LogP contribution in [0.3, 0.4) is 0 Å². The highest BCUT2D eigenvalue weighted by Crippen LogP contribution is 2.31. The minimum Gasteiger partial charge on any atom is -0.491 e. The second kappa shape index (κ2) is 6.33. The van der Waals surface area contributed by atoms with Crippen molar-refractivity contribution in [2.24, 2.45) is 0 Å². The van der Waals surface area contributed by atoms with Gasteiger partial charge in [-0.05, 0) is 32.9 Å². The molecule has 0 saturated carbocycles. The number of hydrogen-bond donors (Lipinski definition) is 3. The largest absolute Gasteiger partial charge is 0.491 e. The van der Waals surface area contributed by atoms with Crippen LogP contribution in [-0.4, -0.2) is 43.1 Å². The molecule has 1 aromatic carbocycles. The van der Waals surface area contributed by atoms with Crippen molar-refractivity contribution < 1.29 is 14.6 Å². The van der Waals surface area contributed by atoms with Crippen molar-refractivity contribution in [1.29, 1.82) is 0 Å². The zero-order chi connectivity index (χ0) is 14.6. The molecule has 0 aromatic heterocycles. The Bertz CT molecular complexity index is 443. The first-order valence-electron chi connectivity index (χ1n) is 7.01. The summed E-state index contributed by atoms with van der Waals surface area (Å²) in [6.07, 6.45) is -0.533. The normalized spacial score (nSPS) is 15.8. The third kappa shape index (κ3) is 4.58. The highest BCUT2D eigenvalue weighted by atomic mass is 16.5. The van der Waals surface area contributed by atoms with Gasteiger partial charge in [0, 0.05) is 24.7 Å². The maximum atomic E-state index is 9.88. The van der Waals surface area contributed by atoms with Crippen LogP contribution in [0.2, 0.25) is 0 Å². The zero-order valence-electron chi connectivity index (χ0n) is 12.4. The van der Waals surface area contributed by atoms with Crippen molar-refractivity contribution in [1.82, 2.24) is 5.32 Å². The summed E-state index contributed by atoms with van der Waals surface area (Å²) in [7, 11) is 0. The second-order valence-electron chi connectivity index (χ2n) is 6.03. The van der Waals surface area contributed by atoms with Gasteiger partial charge in [-0.15, -0.1) is 0 Å². The van der Waals surface area contributed by atoms with Crippen LogP contribution >= 0.6 is 0 Å². The van der Waals surface area contributed by atoms with Gasteiger partial charge in [-0.2, -0.15) is 0 Å². The number of benzene rings is 1. The lowest BCUT2D eigenvalue weighted by atomic mass is 10.1. The van der Waals surface area contributed by atoms with E-state index in [9.17, 15) is 5.11 Å². The van der Waals surface area contributed by atoms with Gasteiger partial charge in [0.15, 0.2) is 0 Å². The molecule has 0 spiro atoms. The number of hydrogen-bond acceptors (Lipinski definition) is 5. The predicted molar refractivity (Wildman–Crippen MR) is 79.7 cm³/mol. The molecule has 0 aliphatic carbocycles. The molecule has 5 heteroatoms. The average Bonchev–Trinajstić information content (AvgIpc) is 2.42. The van der Waals surface area contributed by atoms with Gasteiger partial charge in [-0.25, -0.2) is 0 Å². The summed E-state index contributed by atoms with van der Waals surface area (Å²) in [4.78, 5) is 0. The first kappa shape index (κ1) is 14.9. The van der Waals surface area contributed by atoms with E-state index < -0.39 is 6.10 Å². The van der Waals surface area contributed by atoms with Gasteiger partial charge in [-0.3, -0.25) is 0 Å². The van der Waals surface area contributed by atoms with Crippen molar-refractivity contribution in [2.45, 2.75) is 32.4 Å². The van der Waals surface area contributed by atoms with E-state index in [1.807, 2.05) is 18.2 Å². The number of ether oxygens (including phenoxy) is 2. The van der Waals surface area contributed by atoms with Crippen molar-refractivity contribution in [2.75, 3.05) is 31.6 Å². The Labute approximate surface area is 120 Å². The van der Waals surface area contributed by atoms with E-state index in [0.29, 0.717) is 13.2 Å². The van der Waals surface area contributed by atoms with Crippen LogP contribution in [0.25, 0.3) is 0 Å². The fourth-order valence-electron chi connectivity index (χ4n) is 1.88. The monoisotopic (exact) mass is 280 g/mol. The Morgan fingerprint density at radius 1 is 1.45 bits per heavy atom. The van der Waals surface area contributed by atoms with Crippen LogP contribution in [0.5, 0.6) is 11.5 Å². The van der Waals surface area contributed by atoms with Gasteiger partial charge >= 0.3 is 0 Å². The number of anilines is 1. The molecule has 0 bridgehead atoms. The molecule has 2 rings (SSSR count). The van der Waals surface area contributed by atoms with Gasteiger partial charge in [0.2, 0.25) is 0 Å². The van der Waals surface area contributed by atoms with Gasteiger partial charge in [0.25, 0.3) is 0 Å². The lowest BCUT2D eigenvalue weighted by Crippen LogP contribution is -2.42. The minimum atomic E-state index is -0.533. The smallest absolute Gasteiger partial charge is 0.142 e. The molecular weight excluding hydrogens is 256 g/mol. The molecule has 1 aliphatic rings. The molecule has 5 nitrogen and oxygen atoms in total. The van der Waals surface area contributed by atoms with Crippen LogP contribution < -0.4 is 20.1 Å². The van der Waals surface area contributed by atoms with Gasteiger partial charge in [0.05, 0.1) is 5.69 Å². The number of aliphatic hydroxyl groups excluding tert-OH is 1. The van der Waals surface area contributed by atoms with E-state index in [4.69, 9.17) is 9.47 Å². The summed E-state index contributed by atoms with van der Waals surface area (Å²) >= 11 is 0. The zero-order valence-corrected chi connectivity index (χ0v) is 12.4. The Hall–Kier alpha value is -1.46. The molecule has 1 heterocycles. The Morgan fingerprint density at radius 3 is 3.00 bits per heavy atom. The fourth-order valence-corrected chi connectivity index (χ4v) is 1.88. The van der Waals surface area contributed by atoms with Crippen molar-refractivity contribution in [3.8, 4) is 11.5 Å². The van der Waals surface area contributed by atoms with E-state index in [0.717, 1.165) is 23.7 Å². The van der Waals surface area contributed by atoms with E-state index in [1.54, 1.807) is 0 Å². The Morgan fingerprint density at radius 2 is 2.25 bits per heavy atom. The molecule has 0 saturated heterocycles. The quantitative estimate of drug-likeness (QED) is 0.765. The van der Waals surface area contributed by atoms with Crippen LogP contribution in [0, 0.1) is 0 Å². The van der Waals surface area contributed by atoms with E-state index in [2.05, 4.69) is 31.4 Å². The average molecular weight is 280 g/mol. The molecule has 0 fully saturated rings. The SMILES string of the molecule is CC(C)(C)NCC(O)COc1ccc2c(c1)NCCO2. The first-order valence-corrected chi connectivity index (χ1v) is 7.01. The molecule has 1 atom stereocenters. The van der Waals surface area contributed by atoms with Gasteiger partial charge < -0.3 is 25.2 Å². The highest BCUT2D eigenvalue weighted by molar-refractivity contribution is 5.60. The summed E-state index contributed by atoms with van der Waals surface area (Å²) in [5.74, 6) is 1.58. The molecule has 3 N–H and O–H groups in total. The lowest BCUT2D eigenvalue weighted by molar-refractivity contribution is 0.100. The molecule has 1 aliphatic heterocycles. The molecule has 1 aromatic rings. The third-order valence-corrected chi connectivity index (χ3v) is 2.94. The standard InChI is InChI=1S/C15H24N2O3/c1-15(2,3)17-9-11(18)10-20-12-4-5-14-13(8-12)16-6-7-19-14/h4-5,8,11,16-18H,6-7,9-10H2,1-3H3. The number of nitrogens with one attached hydrogen (secondary N) is 2. The molecule has 0 radical (unpaired) electrons. The molecule has 20 heavy (non-hydrogen) atoms. The fraction of sp³-hybridized carbons (Fsp3) is 0.600. The molecule has 1 unspecified atom stereocenters. The summed E-state index contributed by atoms with van der Waals surface area (Å²) in [6, 6.07) is 5.64. The number of β-amino-alcohol motifs (C(OH)–C–C–N with tert-alkyl or cyclic N) is 1. The van der Waals surface area contributed by atoms with Crippen LogP contribution in [0.1, 0.15) is 20.8 Å². The van der Waals surface area contributed by atoms with Crippen molar-refractivity contribution >= 4 is 5.69 Å². The summed E-state index contributed by atoms with van der Waals surface area (Å²) < 4.78 is 11.1. The van der Waals surface area contributed by atoms with Crippen LogP contribution in [0.15, 0.2) is 18.2 Å². The molecular formula is C15H24N2O3. The van der Waals surface area contributed by atoms with Gasteiger partial charge in [-0.1, -0.05) is 0 Å². The summed E-state index contributed by atoms with van der Waals surface area (Å²) in [6.45, 7) is 8.46. The Kier molecular flexibility index (Phi) is 4.73. The second-order valence-corrected chi connectivity index (χ2v) is 6.03. The number of aliphatic hydroxyl groups is 1. The third-order valence-electron chi connectivity index (χ3n) is 2.94. The van der Waals surface area contributed by atoms with Crippen molar-refractivity contribution in [3.05, 3.63) is 18.2 Å². The highest BCUT2D eigenvalue weighted by Gasteiger charge is 2.14. The lowest BCUT2D eigenvalue weighted by Gasteiger charge is -2.23. The number of fused-ring (bicyclic) bond motifs is 1. The topological polar surface area (TPSA) is 62.8 Å². The molecule has 112 valence electrons. The van der Waals surface area contributed by atoms with Crippen molar-refractivity contribution in [3.63, 3.8) is 0 Å². The maximum absolute atomic E-state index is 9.88. The summed E-state index contributed by atoms with van der Waals surface area (Å²) in [5.41, 5.74) is 0.935. The molecule has 0 amide bonds.